The molecule has 3 aromatic heterocycles. The van der Waals surface area contributed by atoms with Crippen molar-refractivity contribution in [2.75, 3.05) is 17.6 Å². The quantitative estimate of drug-likeness (QED) is 0.728. The molecule has 0 saturated heterocycles. The Morgan fingerprint density at radius 3 is 2.90 bits per heavy atom. The highest BCUT2D eigenvalue weighted by atomic mass is 79.9. The van der Waals surface area contributed by atoms with Gasteiger partial charge in [-0.2, -0.15) is 4.98 Å². The molecule has 3 aromatic rings. The van der Waals surface area contributed by atoms with Gasteiger partial charge >= 0.3 is 0 Å². The molecule has 0 radical (unpaired) electrons. The second kappa shape index (κ2) is 5.67. The number of nitrogens with one attached hydrogen (secondary N) is 1. The minimum Gasteiger partial charge on any atom is -0.369 e. The van der Waals surface area contributed by atoms with E-state index in [1.165, 1.54) is 9.75 Å². The zero-order valence-corrected chi connectivity index (χ0v) is 14.0. The Kier molecular flexibility index (Phi) is 3.91. The van der Waals surface area contributed by atoms with Crippen LogP contribution in [0.15, 0.2) is 22.0 Å². The highest BCUT2D eigenvalue weighted by molar-refractivity contribution is 9.11. The van der Waals surface area contributed by atoms with Crippen molar-refractivity contribution < 1.29 is 0 Å². The molecule has 0 aliphatic rings. The summed E-state index contributed by atoms with van der Waals surface area (Å²) < 4.78 is 1.16. The molecule has 0 aliphatic carbocycles. The van der Waals surface area contributed by atoms with Crippen LogP contribution in [-0.4, -0.2) is 16.5 Å². The van der Waals surface area contributed by atoms with Crippen molar-refractivity contribution in [3.8, 4) is 0 Å². The van der Waals surface area contributed by atoms with Gasteiger partial charge in [-0.1, -0.05) is 0 Å². The summed E-state index contributed by atoms with van der Waals surface area (Å²) in [6.07, 6.45) is 0.963. The lowest BCUT2D eigenvalue weighted by molar-refractivity contribution is 1.03. The number of anilines is 2. The fraction of sp³-hybridized carbons (Fsp3) is 0.231. The van der Waals surface area contributed by atoms with Gasteiger partial charge in [-0.15, -0.1) is 22.7 Å². The normalized spacial score (nSPS) is 11.1. The predicted molar refractivity (Wildman–Crippen MR) is 90.8 cm³/mol. The molecule has 7 heteroatoms. The van der Waals surface area contributed by atoms with E-state index < -0.39 is 0 Å². The lowest BCUT2D eigenvalue weighted by atomic mass is 10.3. The molecule has 0 saturated carbocycles. The van der Waals surface area contributed by atoms with Crippen molar-refractivity contribution in [3.63, 3.8) is 0 Å². The molecule has 0 spiro atoms. The van der Waals surface area contributed by atoms with Gasteiger partial charge in [0, 0.05) is 16.3 Å². The molecule has 3 heterocycles. The Morgan fingerprint density at radius 1 is 1.30 bits per heavy atom. The summed E-state index contributed by atoms with van der Waals surface area (Å²) in [5, 5.41) is 4.42. The first-order valence-corrected chi connectivity index (χ1v) is 8.56. The lowest BCUT2D eigenvalue weighted by Crippen LogP contribution is -2.07. The molecule has 20 heavy (non-hydrogen) atoms. The molecule has 0 fully saturated rings. The molecule has 4 nitrogen and oxygen atoms in total. The van der Waals surface area contributed by atoms with E-state index in [1.54, 1.807) is 22.7 Å². The molecule has 0 bridgehead atoms. The van der Waals surface area contributed by atoms with E-state index in [0.717, 1.165) is 32.8 Å². The first kappa shape index (κ1) is 13.8. The number of nitrogen functional groups attached to an aromatic ring is 1. The number of nitrogens with zero attached hydrogens (tertiary/aromatic N) is 2. The number of aryl methyl sites for hydroxylation is 1. The van der Waals surface area contributed by atoms with E-state index in [-0.39, 0.29) is 0 Å². The number of fused-ring (bicyclic) bond motifs is 1. The van der Waals surface area contributed by atoms with E-state index in [4.69, 9.17) is 5.73 Å². The van der Waals surface area contributed by atoms with Gasteiger partial charge < -0.3 is 11.1 Å². The van der Waals surface area contributed by atoms with E-state index in [2.05, 4.69) is 56.3 Å². The summed E-state index contributed by atoms with van der Waals surface area (Å²) in [6.45, 7) is 2.89. The molecule has 0 unspecified atom stereocenters. The molecule has 3 N–H and O–H groups in total. The summed E-state index contributed by atoms with van der Waals surface area (Å²) in [7, 11) is 0. The number of hydrogen-bond acceptors (Lipinski definition) is 6. The minimum atomic E-state index is 0.320. The standard InChI is InChI=1S/C13H13BrN4S2/c1-7-6-9-11(17-13(15)18-12(9)19-7)16-5-4-8-2-3-10(14)20-8/h2-3,6H,4-5H2,1H3,(H3,15,16,17,18). The molecule has 0 aliphatic heterocycles. The van der Waals surface area contributed by atoms with Crippen LogP contribution in [0.4, 0.5) is 11.8 Å². The third-order valence-corrected chi connectivity index (χ3v) is 5.45. The first-order valence-electron chi connectivity index (χ1n) is 6.13. The summed E-state index contributed by atoms with van der Waals surface area (Å²) in [6, 6.07) is 6.31. The smallest absolute Gasteiger partial charge is 0.223 e. The van der Waals surface area contributed by atoms with Crippen LogP contribution in [0, 0.1) is 6.92 Å². The number of halogens is 1. The molecule has 3 rings (SSSR count). The Bertz CT molecular complexity index is 750. The van der Waals surface area contributed by atoms with Crippen LogP contribution in [-0.2, 0) is 6.42 Å². The topological polar surface area (TPSA) is 63.8 Å². The van der Waals surface area contributed by atoms with E-state index >= 15 is 0 Å². The van der Waals surface area contributed by atoms with Crippen LogP contribution >= 0.6 is 38.6 Å². The third kappa shape index (κ3) is 2.94. The second-order valence-corrected chi connectivity index (χ2v) is 8.17. The van der Waals surface area contributed by atoms with E-state index in [0.29, 0.717) is 5.95 Å². The van der Waals surface area contributed by atoms with Gasteiger partial charge in [-0.3, -0.25) is 0 Å². The predicted octanol–water partition coefficient (Wildman–Crippen LogP) is 4.06. The Labute approximate surface area is 133 Å². The van der Waals surface area contributed by atoms with Gasteiger partial charge in [0.1, 0.15) is 10.6 Å². The zero-order chi connectivity index (χ0) is 14.1. The van der Waals surface area contributed by atoms with Gasteiger partial charge in [0.2, 0.25) is 5.95 Å². The summed E-state index contributed by atoms with van der Waals surface area (Å²) >= 11 is 6.87. The maximum Gasteiger partial charge on any atom is 0.223 e. The maximum absolute atomic E-state index is 5.76. The van der Waals surface area contributed by atoms with Gasteiger partial charge in [-0.05, 0) is 47.5 Å². The van der Waals surface area contributed by atoms with E-state index in [9.17, 15) is 0 Å². The Balaban J connectivity index is 1.76. The second-order valence-electron chi connectivity index (χ2n) is 4.39. The number of thiophene rings is 2. The number of aromatic nitrogens is 2. The monoisotopic (exact) mass is 368 g/mol. The Hall–Kier alpha value is -1.18. The minimum absolute atomic E-state index is 0.320. The lowest BCUT2D eigenvalue weighted by Gasteiger charge is -2.06. The van der Waals surface area contributed by atoms with Gasteiger partial charge in [0.05, 0.1) is 9.17 Å². The van der Waals surface area contributed by atoms with Gasteiger partial charge in [0.15, 0.2) is 0 Å². The maximum atomic E-state index is 5.76. The van der Waals surface area contributed by atoms with Crippen molar-refractivity contribution in [3.05, 3.63) is 31.7 Å². The highest BCUT2D eigenvalue weighted by Crippen LogP contribution is 2.29. The van der Waals surface area contributed by atoms with Crippen molar-refractivity contribution in [1.29, 1.82) is 0 Å². The number of rotatable bonds is 4. The largest absolute Gasteiger partial charge is 0.369 e. The summed E-state index contributed by atoms with van der Waals surface area (Å²) in [4.78, 5) is 12.1. The van der Waals surface area contributed by atoms with Crippen LogP contribution in [0.2, 0.25) is 0 Å². The number of hydrogen-bond donors (Lipinski definition) is 2. The average Bonchev–Trinajstić information content (AvgIpc) is 2.94. The summed E-state index contributed by atoms with van der Waals surface area (Å²) in [5.41, 5.74) is 5.76. The van der Waals surface area contributed by atoms with Crippen molar-refractivity contribution in [2.45, 2.75) is 13.3 Å². The van der Waals surface area contributed by atoms with Crippen LogP contribution in [0.3, 0.4) is 0 Å². The fourth-order valence-corrected chi connectivity index (χ4v) is 4.35. The van der Waals surface area contributed by atoms with Crippen LogP contribution in [0.1, 0.15) is 9.75 Å². The molecule has 104 valence electrons. The van der Waals surface area contributed by atoms with Crippen molar-refractivity contribution >= 4 is 60.6 Å². The van der Waals surface area contributed by atoms with Crippen LogP contribution < -0.4 is 11.1 Å². The number of nitrogens with two attached hydrogens (primary N) is 1. The van der Waals surface area contributed by atoms with Crippen molar-refractivity contribution in [2.24, 2.45) is 0 Å². The Morgan fingerprint density at radius 2 is 2.15 bits per heavy atom. The molecule has 0 atom stereocenters. The SMILES string of the molecule is Cc1cc2c(NCCc3ccc(Br)s3)nc(N)nc2s1. The first-order chi connectivity index (χ1) is 9.61. The average molecular weight is 369 g/mol. The highest BCUT2D eigenvalue weighted by Gasteiger charge is 2.09. The molecule has 0 aromatic carbocycles. The van der Waals surface area contributed by atoms with Gasteiger partial charge in [0.25, 0.3) is 0 Å². The zero-order valence-electron chi connectivity index (χ0n) is 10.8. The van der Waals surface area contributed by atoms with Crippen LogP contribution in [0.25, 0.3) is 10.2 Å². The fourth-order valence-electron chi connectivity index (χ4n) is 1.98. The summed E-state index contributed by atoms with van der Waals surface area (Å²) in [5.74, 6) is 1.15. The third-order valence-electron chi connectivity index (χ3n) is 2.83. The molecule has 0 amide bonds. The van der Waals surface area contributed by atoms with E-state index in [1.807, 2.05) is 0 Å². The van der Waals surface area contributed by atoms with Crippen molar-refractivity contribution in [1.82, 2.24) is 9.97 Å². The van der Waals surface area contributed by atoms with Gasteiger partial charge in [-0.25, -0.2) is 4.98 Å². The van der Waals surface area contributed by atoms with Crippen LogP contribution in [0.5, 0.6) is 0 Å². The molecular formula is C13H13BrN4S2. The molecular weight excluding hydrogens is 356 g/mol.